The number of imidazole rings is 1. The molecule has 2 aromatic rings. The van der Waals surface area contributed by atoms with Gasteiger partial charge in [-0.25, -0.2) is 4.98 Å². The molecule has 0 aliphatic carbocycles. The second kappa shape index (κ2) is 5.69. The third-order valence-corrected chi connectivity index (χ3v) is 2.77. The Hall–Kier alpha value is -1.81. The summed E-state index contributed by atoms with van der Waals surface area (Å²) in [5.74, 6) is 0.970. The zero-order valence-corrected chi connectivity index (χ0v) is 11.1. The minimum Gasteiger partial charge on any atom is -0.383 e. The molecule has 18 heavy (non-hydrogen) atoms. The Labute approximate surface area is 108 Å². The van der Waals surface area contributed by atoms with Crippen LogP contribution in [0.1, 0.15) is 6.92 Å². The molecule has 0 saturated carbocycles. The number of hydrogen-bond acceptors (Lipinski definition) is 3. The molecule has 0 aliphatic rings. The first-order valence-electron chi connectivity index (χ1n) is 6.04. The van der Waals surface area contributed by atoms with Gasteiger partial charge in [0.05, 0.1) is 6.61 Å². The molecule has 0 fully saturated rings. The van der Waals surface area contributed by atoms with E-state index in [4.69, 9.17) is 4.74 Å². The second-order valence-electron chi connectivity index (χ2n) is 4.44. The van der Waals surface area contributed by atoms with Gasteiger partial charge >= 0.3 is 0 Å². The lowest BCUT2D eigenvalue weighted by atomic mass is 10.2. The van der Waals surface area contributed by atoms with E-state index in [1.165, 1.54) is 0 Å². The van der Waals surface area contributed by atoms with Gasteiger partial charge < -0.3 is 14.6 Å². The Kier molecular flexibility index (Phi) is 3.99. The van der Waals surface area contributed by atoms with Gasteiger partial charge in [-0.15, -0.1) is 0 Å². The van der Waals surface area contributed by atoms with Crippen LogP contribution in [0.5, 0.6) is 0 Å². The predicted octanol–water partition coefficient (Wildman–Crippen LogP) is 2.53. The highest BCUT2D eigenvalue weighted by Gasteiger charge is 2.05. The number of methoxy groups -OCH3 is 1. The van der Waals surface area contributed by atoms with Gasteiger partial charge in [-0.3, -0.25) is 0 Å². The largest absolute Gasteiger partial charge is 0.383 e. The lowest BCUT2D eigenvalue weighted by molar-refractivity contribution is 0.190. The van der Waals surface area contributed by atoms with Crippen LogP contribution in [0.15, 0.2) is 36.7 Å². The van der Waals surface area contributed by atoms with E-state index in [2.05, 4.69) is 35.4 Å². The molecule has 2 rings (SSSR count). The van der Waals surface area contributed by atoms with E-state index in [0.717, 1.165) is 17.1 Å². The number of anilines is 1. The van der Waals surface area contributed by atoms with E-state index in [0.29, 0.717) is 6.61 Å². The van der Waals surface area contributed by atoms with Crippen LogP contribution in [0.2, 0.25) is 0 Å². The number of nitrogens with one attached hydrogen (secondary N) is 1. The normalized spacial score (nSPS) is 12.4. The van der Waals surface area contributed by atoms with Crippen LogP contribution in [-0.2, 0) is 11.8 Å². The van der Waals surface area contributed by atoms with Gasteiger partial charge in [0, 0.05) is 43.8 Å². The summed E-state index contributed by atoms with van der Waals surface area (Å²) in [5, 5.41) is 3.40. The van der Waals surface area contributed by atoms with Crippen molar-refractivity contribution in [3.05, 3.63) is 36.7 Å². The summed E-state index contributed by atoms with van der Waals surface area (Å²) < 4.78 is 7.13. The number of benzene rings is 1. The molecule has 1 aromatic heterocycles. The highest BCUT2D eigenvalue weighted by molar-refractivity contribution is 5.62. The van der Waals surface area contributed by atoms with Crippen LogP contribution in [0.3, 0.4) is 0 Å². The monoisotopic (exact) mass is 245 g/mol. The molecule has 0 bridgehead atoms. The highest BCUT2D eigenvalue weighted by Crippen LogP contribution is 2.21. The molecular weight excluding hydrogens is 226 g/mol. The molecular formula is C14H19N3O. The van der Waals surface area contributed by atoms with Crippen LogP contribution < -0.4 is 5.32 Å². The topological polar surface area (TPSA) is 39.1 Å². The van der Waals surface area contributed by atoms with Crippen molar-refractivity contribution in [2.45, 2.75) is 13.0 Å². The zero-order valence-electron chi connectivity index (χ0n) is 11.1. The number of rotatable bonds is 5. The van der Waals surface area contributed by atoms with Gasteiger partial charge in [0.1, 0.15) is 5.82 Å². The fourth-order valence-corrected chi connectivity index (χ4v) is 1.97. The van der Waals surface area contributed by atoms with Gasteiger partial charge in [-0.1, -0.05) is 12.1 Å². The molecule has 0 unspecified atom stereocenters. The average molecular weight is 245 g/mol. The number of ether oxygens (including phenoxy) is 1. The second-order valence-corrected chi connectivity index (χ2v) is 4.44. The molecule has 0 saturated heterocycles. The summed E-state index contributed by atoms with van der Waals surface area (Å²) in [6, 6.07) is 8.54. The standard InChI is InChI=1S/C14H19N3O/c1-11(10-18-3)16-13-6-4-5-12(9-13)14-15-7-8-17(14)2/h4-9,11,16H,10H2,1-3H3/t11-/m1/s1. The minimum absolute atomic E-state index is 0.284. The zero-order chi connectivity index (χ0) is 13.0. The first-order valence-corrected chi connectivity index (χ1v) is 6.04. The maximum atomic E-state index is 5.12. The summed E-state index contributed by atoms with van der Waals surface area (Å²) >= 11 is 0. The molecule has 0 spiro atoms. The Morgan fingerprint density at radius 2 is 2.28 bits per heavy atom. The Bertz CT molecular complexity index is 507. The summed E-state index contributed by atoms with van der Waals surface area (Å²) in [4.78, 5) is 4.35. The Morgan fingerprint density at radius 1 is 1.44 bits per heavy atom. The van der Waals surface area contributed by atoms with Crippen LogP contribution in [0.25, 0.3) is 11.4 Å². The van der Waals surface area contributed by atoms with Crippen LogP contribution in [0, 0.1) is 0 Å². The van der Waals surface area contributed by atoms with Crippen molar-refractivity contribution in [3.8, 4) is 11.4 Å². The van der Waals surface area contributed by atoms with E-state index in [1.54, 1.807) is 7.11 Å². The van der Waals surface area contributed by atoms with E-state index in [9.17, 15) is 0 Å². The van der Waals surface area contributed by atoms with Gasteiger partial charge in [0.15, 0.2) is 0 Å². The van der Waals surface area contributed by atoms with E-state index >= 15 is 0 Å². The number of aromatic nitrogens is 2. The van der Waals surface area contributed by atoms with Crippen molar-refractivity contribution >= 4 is 5.69 Å². The summed E-state index contributed by atoms with van der Waals surface area (Å²) in [5.41, 5.74) is 2.19. The molecule has 0 aliphatic heterocycles. The first kappa shape index (κ1) is 12.6. The molecule has 1 N–H and O–H groups in total. The minimum atomic E-state index is 0.284. The van der Waals surface area contributed by atoms with Crippen molar-refractivity contribution in [2.75, 3.05) is 19.0 Å². The molecule has 4 heteroatoms. The molecule has 1 aromatic carbocycles. The summed E-state index contributed by atoms with van der Waals surface area (Å²) in [6.45, 7) is 2.78. The lowest BCUT2D eigenvalue weighted by Crippen LogP contribution is -2.20. The van der Waals surface area contributed by atoms with E-state index < -0.39 is 0 Å². The molecule has 4 nitrogen and oxygen atoms in total. The fraction of sp³-hybridized carbons (Fsp3) is 0.357. The quantitative estimate of drug-likeness (QED) is 0.879. The lowest BCUT2D eigenvalue weighted by Gasteiger charge is -2.14. The maximum absolute atomic E-state index is 5.12. The number of hydrogen-bond donors (Lipinski definition) is 1. The number of nitrogens with zero attached hydrogens (tertiary/aromatic N) is 2. The van der Waals surface area contributed by atoms with Crippen LogP contribution in [0.4, 0.5) is 5.69 Å². The SMILES string of the molecule is COC[C@@H](C)Nc1cccc(-c2nccn2C)c1. The van der Waals surface area contributed by atoms with Gasteiger partial charge in [-0.05, 0) is 19.1 Å². The molecule has 96 valence electrons. The molecule has 1 atom stereocenters. The number of aryl methyl sites for hydroxylation is 1. The fourth-order valence-electron chi connectivity index (χ4n) is 1.97. The van der Waals surface area contributed by atoms with Crippen molar-refractivity contribution in [3.63, 3.8) is 0 Å². The molecule has 0 amide bonds. The van der Waals surface area contributed by atoms with Crippen molar-refractivity contribution in [1.29, 1.82) is 0 Å². The third-order valence-electron chi connectivity index (χ3n) is 2.77. The maximum Gasteiger partial charge on any atom is 0.139 e. The van der Waals surface area contributed by atoms with Crippen LogP contribution in [-0.4, -0.2) is 29.3 Å². The van der Waals surface area contributed by atoms with E-state index in [1.807, 2.05) is 30.1 Å². The van der Waals surface area contributed by atoms with Crippen LogP contribution >= 0.6 is 0 Å². The summed E-state index contributed by atoms with van der Waals surface area (Å²) in [6.07, 6.45) is 3.76. The van der Waals surface area contributed by atoms with Gasteiger partial charge in [0.25, 0.3) is 0 Å². The van der Waals surface area contributed by atoms with Crippen molar-refractivity contribution < 1.29 is 4.74 Å². The Balaban J connectivity index is 2.18. The van der Waals surface area contributed by atoms with E-state index in [-0.39, 0.29) is 6.04 Å². The van der Waals surface area contributed by atoms with Crippen molar-refractivity contribution in [2.24, 2.45) is 7.05 Å². The predicted molar refractivity (Wildman–Crippen MR) is 73.6 cm³/mol. The molecule has 0 radical (unpaired) electrons. The summed E-state index contributed by atoms with van der Waals surface area (Å²) in [7, 11) is 3.71. The van der Waals surface area contributed by atoms with Crippen molar-refractivity contribution in [1.82, 2.24) is 9.55 Å². The third kappa shape index (κ3) is 2.90. The molecule has 1 heterocycles. The van der Waals surface area contributed by atoms with Gasteiger partial charge in [-0.2, -0.15) is 0 Å². The average Bonchev–Trinajstić information content (AvgIpc) is 2.76. The van der Waals surface area contributed by atoms with Gasteiger partial charge in [0.2, 0.25) is 0 Å². The Morgan fingerprint density at radius 3 is 2.94 bits per heavy atom. The first-order chi connectivity index (χ1) is 8.70. The smallest absolute Gasteiger partial charge is 0.139 e. The highest BCUT2D eigenvalue weighted by atomic mass is 16.5.